The van der Waals surface area contributed by atoms with Gasteiger partial charge in [0.25, 0.3) is 0 Å². The van der Waals surface area contributed by atoms with Gasteiger partial charge in [0.2, 0.25) is 0 Å². The molecule has 0 saturated carbocycles. The maximum atomic E-state index is 12.3. The lowest BCUT2D eigenvalue weighted by Gasteiger charge is -2.15. The zero-order chi connectivity index (χ0) is 42.6. The molecule has 0 fully saturated rings. The van der Waals surface area contributed by atoms with E-state index < -0.39 is 6.10 Å². The molecule has 0 aliphatic rings. The highest BCUT2D eigenvalue weighted by molar-refractivity contribution is 5.69. The fourth-order valence-corrected chi connectivity index (χ4v) is 6.46. The minimum Gasteiger partial charge on any atom is -0.457 e. The van der Waals surface area contributed by atoms with E-state index in [2.05, 4.69) is 123 Å². The molecule has 1 N–H and O–H groups in total. The van der Waals surface area contributed by atoms with E-state index in [1.54, 1.807) is 0 Å². The van der Waals surface area contributed by atoms with Gasteiger partial charge in [0.05, 0.1) is 13.2 Å². The fraction of sp³-hybridized carbons (Fsp3) is 0.655. The van der Waals surface area contributed by atoms with Crippen molar-refractivity contribution in [3.8, 4) is 0 Å². The number of aliphatic hydroxyl groups excluding tert-OH is 1. The number of rotatable bonds is 44. The summed E-state index contributed by atoms with van der Waals surface area (Å²) in [5.74, 6) is -0.222. The number of hydrogen-bond acceptors (Lipinski definition) is 4. The summed E-state index contributed by atoms with van der Waals surface area (Å²) in [6, 6.07) is 0. The van der Waals surface area contributed by atoms with Crippen LogP contribution in [-0.4, -0.2) is 37.0 Å². The van der Waals surface area contributed by atoms with Gasteiger partial charge in [-0.3, -0.25) is 4.79 Å². The van der Waals surface area contributed by atoms with Gasteiger partial charge in [-0.1, -0.05) is 207 Å². The van der Waals surface area contributed by atoms with Crippen LogP contribution in [0.1, 0.15) is 206 Å². The molecule has 0 rings (SSSR count). The Hall–Kier alpha value is -2.95. The number of unbranched alkanes of at least 4 members (excludes halogenated alkanes) is 18. The van der Waals surface area contributed by atoms with Crippen LogP contribution >= 0.6 is 0 Å². The Morgan fingerprint density at radius 2 is 0.763 bits per heavy atom. The molecule has 0 bridgehead atoms. The summed E-state index contributed by atoms with van der Waals surface area (Å²) in [5, 5.41) is 9.64. The summed E-state index contributed by atoms with van der Waals surface area (Å²) >= 11 is 0. The molecule has 336 valence electrons. The Morgan fingerprint density at radius 3 is 1.15 bits per heavy atom. The van der Waals surface area contributed by atoms with Crippen molar-refractivity contribution in [2.45, 2.75) is 213 Å². The van der Waals surface area contributed by atoms with Gasteiger partial charge < -0.3 is 14.6 Å². The SMILES string of the molecule is CC/C=C\C/C=C\C/C=C\C/C=C\C/C=C\C/C=C\C/C=C\CCCCOCC(CO)OC(=O)CCCCCCCCCCCCC/C=C\C/C=C\CCCCCCC. The molecular formula is C55H92O4. The largest absolute Gasteiger partial charge is 0.457 e. The first-order valence-corrected chi connectivity index (χ1v) is 24.5. The molecule has 4 nitrogen and oxygen atoms in total. The van der Waals surface area contributed by atoms with Crippen LogP contribution in [0.15, 0.2) is 109 Å². The third-order valence-corrected chi connectivity index (χ3v) is 10.1. The van der Waals surface area contributed by atoms with Crippen LogP contribution in [0.25, 0.3) is 0 Å². The second-order valence-corrected chi connectivity index (χ2v) is 15.8. The van der Waals surface area contributed by atoms with E-state index in [0.717, 1.165) is 83.5 Å². The lowest BCUT2D eigenvalue weighted by Crippen LogP contribution is -2.27. The van der Waals surface area contributed by atoms with Crippen LogP contribution in [0.2, 0.25) is 0 Å². The van der Waals surface area contributed by atoms with Gasteiger partial charge in [0, 0.05) is 13.0 Å². The third kappa shape index (κ3) is 49.3. The molecule has 4 heteroatoms. The number of esters is 1. The maximum absolute atomic E-state index is 12.3. The average Bonchev–Trinajstić information content (AvgIpc) is 3.24. The van der Waals surface area contributed by atoms with E-state index in [1.807, 2.05) is 0 Å². The summed E-state index contributed by atoms with van der Waals surface area (Å²) in [7, 11) is 0. The van der Waals surface area contributed by atoms with Gasteiger partial charge >= 0.3 is 5.97 Å². The van der Waals surface area contributed by atoms with Gasteiger partial charge in [-0.2, -0.15) is 0 Å². The zero-order valence-electron chi connectivity index (χ0n) is 38.5. The molecule has 1 atom stereocenters. The summed E-state index contributed by atoms with van der Waals surface area (Å²) in [5.41, 5.74) is 0. The first-order chi connectivity index (χ1) is 29.2. The standard InChI is InChI=1S/C55H92O4/c1-3-5-7-9-11-13-15-17-19-21-23-25-27-29-31-33-35-37-39-41-43-45-47-49-51-58-53-54(52-56)59-55(57)50-48-46-44-42-40-38-36-34-32-30-28-26-24-22-20-18-16-14-12-10-8-6-4-2/h5,7,11,13,16-19,22-25,29,31,35,37,41,43,54,56H,3-4,6,8-10,12,14-15,20-21,26-28,30,32-34,36,38-40,42,44-53H2,1-2H3/b7-5-,13-11-,18-16-,19-17-,24-22-,25-23-,31-29-,37-35-,43-41-. The van der Waals surface area contributed by atoms with Gasteiger partial charge in [-0.15, -0.1) is 0 Å². The highest BCUT2D eigenvalue weighted by atomic mass is 16.6. The number of allylic oxidation sites excluding steroid dienone is 18. The van der Waals surface area contributed by atoms with Crippen LogP contribution in [-0.2, 0) is 14.3 Å². The predicted octanol–water partition coefficient (Wildman–Crippen LogP) is 16.7. The first kappa shape index (κ1) is 56.0. The molecule has 59 heavy (non-hydrogen) atoms. The second kappa shape index (κ2) is 51.2. The van der Waals surface area contributed by atoms with Crippen molar-refractivity contribution in [1.82, 2.24) is 0 Å². The Morgan fingerprint density at radius 1 is 0.424 bits per heavy atom. The van der Waals surface area contributed by atoms with Crippen molar-refractivity contribution in [1.29, 1.82) is 0 Å². The van der Waals surface area contributed by atoms with Crippen molar-refractivity contribution in [3.63, 3.8) is 0 Å². The van der Waals surface area contributed by atoms with Crippen LogP contribution < -0.4 is 0 Å². The van der Waals surface area contributed by atoms with Crippen LogP contribution in [0, 0.1) is 0 Å². The van der Waals surface area contributed by atoms with Gasteiger partial charge in [0.15, 0.2) is 0 Å². The highest BCUT2D eigenvalue weighted by Crippen LogP contribution is 2.14. The quantitative estimate of drug-likeness (QED) is 0.0378. The fourth-order valence-electron chi connectivity index (χ4n) is 6.46. The topological polar surface area (TPSA) is 55.8 Å². The molecule has 0 aliphatic carbocycles. The van der Waals surface area contributed by atoms with E-state index in [1.165, 1.54) is 103 Å². The number of carbonyl (C=O) groups excluding carboxylic acids is 1. The van der Waals surface area contributed by atoms with Crippen molar-refractivity contribution in [2.75, 3.05) is 19.8 Å². The average molecular weight is 817 g/mol. The Kier molecular flexibility index (Phi) is 48.6. The molecule has 0 aromatic rings. The minimum absolute atomic E-state index is 0.197. The maximum Gasteiger partial charge on any atom is 0.306 e. The third-order valence-electron chi connectivity index (χ3n) is 10.1. The predicted molar refractivity (Wildman–Crippen MR) is 260 cm³/mol. The molecule has 0 aromatic heterocycles. The molecule has 0 aromatic carbocycles. The van der Waals surface area contributed by atoms with Crippen molar-refractivity contribution in [2.24, 2.45) is 0 Å². The van der Waals surface area contributed by atoms with Gasteiger partial charge in [0.1, 0.15) is 6.10 Å². The summed E-state index contributed by atoms with van der Waals surface area (Å²) in [4.78, 5) is 12.3. The molecule has 0 saturated heterocycles. The Balaban J connectivity index is 3.56. The molecule has 0 heterocycles. The molecule has 0 amide bonds. The molecule has 0 aliphatic heterocycles. The lowest BCUT2D eigenvalue weighted by molar-refractivity contribution is -0.154. The van der Waals surface area contributed by atoms with Crippen LogP contribution in [0.4, 0.5) is 0 Å². The van der Waals surface area contributed by atoms with Gasteiger partial charge in [-0.25, -0.2) is 0 Å². The van der Waals surface area contributed by atoms with Crippen molar-refractivity contribution in [3.05, 3.63) is 109 Å². The van der Waals surface area contributed by atoms with E-state index >= 15 is 0 Å². The minimum atomic E-state index is -0.567. The Bertz CT molecular complexity index is 1130. The molecule has 1 unspecified atom stereocenters. The first-order valence-electron chi connectivity index (χ1n) is 24.5. The van der Waals surface area contributed by atoms with Gasteiger partial charge in [-0.05, 0) is 103 Å². The van der Waals surface area contributed by atoms with E-state index in [9.17, 15) is 9.90 Å². The molecule has 0 spiro atoms. The van der Waals surface area contributed by atoms with Crippen molar-refractivity contribution < 1.29 is 19.4 Å². The normalized spacial score (nSPS) is 13.3. The van der Waals surface area contributed by atoms with Crippen molar-refractivity contribution >= 4 is 5.97 Å². The smallest absolute Gasteiger partial charge is 0.306 e. The number of carbonyl (C=O) groups is 1. The summed E-state index contributed by atoms with van der Waals surface area (Å²) in [6.45, 7) is 5.11. The lowest BCUT2D eigenvalue weighted by atomic mass is 10.0. The molecule has 0 radical (unpaired) electrons. The number of aliphatic hydroxyl groups is 1. The summed E-state index contributed by atoms with van der Waals surface area (Å²) in [6.07, 6.45) is 74.6. The zero-order valence-corrected chi connectivity index (χ0v) is 38.5. The van der Waals surface area contributed by atoms with Crippen LogP contribution in [0.3, 0.4) is 0 Å². The highest BCUT2D eigenvalue weighted by Gasteiger charge is 2.13. The van der Waals surface area contributed by atoms with E-state index in [-0.39, 0.29) is 19.2 Å². The van der Waals surface area contributed by atoms with Crippen LogP contribution in [0.5, 0.6) is 0 Å². The monoisotopic (exact) mass is 817 g/mol. The number of ether oxygens (including phenoxy) is 2. The van der Waals surface area contributed by atoms with E-state index in [0.29, 0.717) is 13.0 Å². The number of hydrogen-bond donors (Lipinski definition) is 1. The molecular weight excluding hydrogens is 725 g/mol. The second-order valence-electron chi connectivity index (χ2n) is 15.8. The van der Waals surface area contributed by atoms with E-state index in [4.69, 9.17) is 9.47 Å². The Labute approximate surface area is 365 Å². The summed E-state index contributed by atoms with van der Waals surface area (Å²) < 4.78 is 11.2.